The summed E-state index contributed by atoms with van der Waals surface area (Å²) < 4.78 is 38.1. The third-order valence-corrected chi connectivity index (χ3v) is 4.56. The van der Waals surface area contributed by atoms with Crippen LogP contribution >= 0.6 is 35.8 Å². The third-order valence-electron chi connectivity index (χ3n) is 3.07. The van der Waals surface area contributed by atoms with Crippen LogP contribution in [0.5, 0.6) is 0 Å². The molecule has 8 heteroatoms. The second-order valence-corrected chi connectivity index (χ2v) is 6.27. The van der Waals surface area contributed by atoms with Gasteiger partial charge in [-0.2, -0.15) is 24.9 Å². The van der Waals surface area contributed by atoms with Gasteiger partial charge >= 0.3 is 6.18 Å². The van der Waals surface area contributed by atoms with Crippen molar-refractivity contribution in [2.75, 3.05) is 29.2 Å². The minimum Gasteiger partial charge on any atom is -0.384 e. The van der Waals surface area contributed by atoms with Crippen LogP contribution in [0.3, 0.4) is 0 Å². The Kier molecular flexibility index (Phi) is 8.29. The van der Waals surface area contributed by atoms with Crippen molar-refractivity contribution in [1.29, 1.82) is 0 Å². The smallest absolute Gasteiger partial charge is 0.384 e. The van der Waals surface area contributed by atoms with E-state index in [4.69, 9.17) is 11.6 Å². The predicted octanol–water partition coefficient (Wildman–Crippen LogP) is 5.45. The fourth-order valence-electron chi connectivity index (χ4n) is 2.03. The van der Waals surface area contributed by atoms with Gasteiger partial charge in [0.25, 0.3) is 0 Å². The van der Waals surface area contributed by atoms with E-state index < -0.39 is 11.7 Å². The molecule has 1 aromatic carbocycles. The molecule has 0 aliphatic rings. The molecule has 1 aromatic heterocycles. The van der Waals surface area contributed by atoms with Gasteiger partial charge in [-0.15, -0.1) is 24.0 Å². The molecule has 0 aliphatic carbocycles. The van der Waals surface area contributed by atoms with Gasteiger partial charge in [0.05, 0.1) is 11.1 Å². The molecule has 2 nitrogen and oxygen atoms in total. The molecule has 1 N–H and O–H groups in total. The molecule has 0 spiro atoms. The molecule has 0 radical (unpaired) electrons. The molecule has 2 rings (SSSR count). The zero-order valence-electron chi connectivity index (χ0n) is 12.2. The largest absolute Gasteiger partial charge is 0.416 e. The number of hydrogen-bond donors (Lipinski definition) is 1. The number of pyridine rings is 1. The average Bonchev–Trinajstić information content (AvgIpc) is 2.49. The van der Waals surface area contributed by atoms with Gasteiger partial charge in [-0.1, -0.05) is 6.07 Å². The zero-order chi connectivity index (χ0) is 16.0. The Morgan fingerprint density at radius 1 is 1.17 bits per heavy atom. The highest BCUT2D eigenvalue weighted by atomic mass is 35.5. The number of anilines is 1. The summed E-state index contributed by atoms with van der Waals surface area (Å²) in [5, 5.41) is 3.95. The molecule has 0 amide bonds. The van der Waals surface area contributed by atoms with Gasteiger partial charge in [0, 0.05) is 35.4 Å². The lowest BCUT2D eigenvalue weighted by atomic mass is 10.1. The van der Waals surface area contributed by atoms with Gasteiger partial charge < -0.3 is 5.32 Å². The maximum absolute atomic E-state index is 12.7. The highest BCUT2D eigenvalue weighted by Gasteiger charge is 2.30. The van der Waals surface area contributed by atoms with Gasteiger partial charge in [-0.3, -0.25) is 4.98 Å². The Bertz CT molecular complexity index is 623. The standard InChI is InChI=1S/C15H16ClF3N2S.ClH/c16-5-9-22-8-1-6-20-13-4-7-21-14-10-11(15(17,18)19)2-3-12(13)14;/h2-4,7,10H,1,5-6,8-9H2,(H,20,21);1H. The normalized spacial score (nSPS) is 11.3. The predicted molar refractivity (Wildman–Crippen MR) is 95.1 cm³/mol. The van der Waals surface area contributed by atoms with E-state index in [1.807, 2.05) is 0 Å². The second kappa shape index (κ2) is 9.45. The molecule has 1 heterocycles. The summed E-state index contributed by atoms with van der Waals surface area (Å²) in [5.41, 5.74) is 0.472. The summed E-state index contributed by atoms with van der Waals surface area (Å²) in [6.45, 7) is 0.759. The van der Waals surface area contributed by atoms with E-state index in [1.165, 1.54) is 12.3 Å². The van der Waals surface area contributed by atoms with Crippen LogP contribution in [-0.2, 0) is 6.18 Å². The first-order chi connectivity index (χ1) is 10.5. The fraction of sp³-hybridized carbons (Fsp3) is 0.400. The fourth-order valence-corrected chi connectivity index (χ4v) is 3.02. The number of fused-ring (bicyclic) bond motifs is 1. The Hall–Kier alpha value is -0.850. The van der Waals surface area contributed by atoms with Crippen molar-refractivity contribution in [3.63, 3.8) is 0 Å². The number of alkyl halides is 4. The van der Waals surface area contributed by atoms with Crippen LogP contribution in [0.2, 0.25) is 0 Å². The Morgan fingerprint density at radius 2 is 1.96 bits per heavy atom. The number of nitrogens with one attached hydrogen (secondary N) is 1. The van der Waals surface area contributed by atoms with E-state index in [2.05, 4.69) is 10.3 Å². The molecule has 0 aliphatic heterocycles. The van der Waals surface area contributed by atoms with E-state index >= 15 is 0 Å². The Balaban J connectivity index is 0.00000264. The Morgan fingerprint density at radius 3 is 2.65 bits per heavy atom. The Labute approximate surface area is 148 Å². The van der Waals surface area contributed by atoms with Crippen LogP contribution in [-0.4, -0.2) is 28.9 Å². The molecular weight excluding hydrogens is 368 g/mol. The highest BCUT2D eigenvalue weighted by molar-refractivity contribution is 7.99. The first-order valence-electron chi connectivity index (χ1n) is 6.86. The van der Waals surface area contributed by atoms with E-state index in [1.54, 1.807) is 17.8 Å². The van der Waals surface area contributed by atoms with E-state index in [-0.39, 0.29) is 12.4 Å². The summed E-state index contributed by atoms with van der Waals surface area (Å²) in [4.78, 5) is 4.03. The van der Waals surface area contributed by atoms with Gasteiger partial charge in [-0.05, 0) is 30.4 Å². The van der Waals surface area contributed by atoms with Crippen LogP contribution in [0.15, 0.2) is 30.5 Å². The van der Waals surface area contributed by atoms with Crippen LogP contribution in [0.25, 0.3) is 10.9 Å². The number of benzene rings is 1. The zero-order valence-corrected chi connectivity index (χ0v) is 14.6. The van der Waals surface area contributed by atoms with Gasteiger partial charge in [0.2, 0.25) is 0 Å². The monoisotopic (exact) mass is 384 g/mol. The summed E-state index contributed by atoms with van der Waals surface area (Å²) >= 11 is 7.38. The summed E-state index contributed by atoms with van der Waals surface area (Å²) in [6, 6.07) is 5.42. The van der Waals surface area contributed by atoms with Crippen molar-refractivity contribution in [3.05, 3.63) is 36.0 Å². The lowest BCUT2D eigenvalue weighted by Crippen LogP contribution is -2.06. The first kappa shape index (κ1) is 20.2. The van der Waals surface area contributed by atoms with Gasteiger partial charge in [0.1, 0.15) is 0 Å². The van der Waals surface area contributed by atoms with E-state index in [0.29, 0.717) is 16.8 Å². The molecule has 0 atom stereocenters. The number of hydrogen-bond acceptors (Lipinski definition) is 3. The average molecular weight is 385 g/mol. The van der Waals surface area contributed by atoms with Crippen LogP contribution in [0.1, 0.15) is 12.0 Å². The van der Waals surface area contributed by atoms with E-state index in [0.717, 1.165) is 42.3 Å². The van der Waals surface area contributed by atoms with Crippen LogP contribution in [0.4, 0.5) is 18.9 Å². The summed E-state index contributed by atoms with van der Waals surface area (Å²) in [6.07, 6.45) is -1.86. The van der Waals surface area contributed by atoms with Crippen molar-refractivity contribution in [2.24, 2.45) is 0 Å². The number of nitrogens with zero attached hydrogens (tertiary/aromatic N) is 1. The van der Waals surface area contributed by atoms with E-state index in [9.17, 15) is 13.2 Å². The number of aromatic nitrogens is 1. The van der Waals surface area contributed by atoms with Crippen molar-refractivity contribution in [2.45, 2.75) is 12.6 Å². The van der Waals surface area contributed by atoms with Crippen molar-refractivity contribution < 1.29 is 13.2 Å². The van der Waals surface area contributed by atoms with Gasteiger partial charge in [0.15, 0.2) is 0 Å². The molecule has 2 aromatic rings. The molecule has 0 bridgehead atoms. The molecule has 0 fully saturated rings. The SMILES string of the molecule is Cl.FC(F)(F)c1ccc2c(NCCCSCCCl)ccnc2c1. The van der Waals surface area contributed by atoms with Gasteiger partial charge in [-0.25, -0.2) is 0 Å². The van der Waals surface area contributed by atoms with Crippen molar-refractivity contribution in [1.82, 2.24) is 4.98 Å². The highest BCUT2D eigenvalue weighted by Crippen LogP contribution is 2.32. The molecule has 128 valence electrons. The van der Waals surface area contributed by atoms with Crippen molar-refractivity contribution >= 4 is 52.4 Å². The number of thioether (sulfide) groups is 1. The third kappa shape index (κ3) is 5.94. The molecule has 0 saturated carbocycles. The maximum Gasteiger partial charge on any atom is 0.416 e. The topological polar surface area (TPSA) is 24.9 Å². The van der Waals surface area contributed by atoms with Crippen LogP contribution in [0, 0.1) is 0 Å². The molecular formula is C15H17Cl2F3N2S. The second-order valence-electron chi connectivity index (χ2n) is 4.67. The summed E-state index contributed by atoms with van der Waals surface area (Å²) in [7, 11) is 0. The number of halogens is 5. The maximum atomic E-state index is 12.7. The molecule has 0 unspecified atom stereocenters. The minimum atomic E-state index is -4.35. The quantitative estimate of drug-likeness (QED) is 0.507. The molecule has 23 heavy (non-hydrogen) atoms. The first-order valence-corrected chi connectivity index (χ1v) is 8.55. The molecule has 0 saturated heterocycles. The lowest BCUT2D eigenvalue weighted by Gasteiger charge is -2.11. The lowest BCUT2D eigenvalue weighted by molar-refractivity contribution is -0.137. The minimum absolute atomic E-state index is 0. The van der Waals surface area contributed by atoms with Crippen LogP contribution < -0.4 is 5.32 Å². The summed E-state index contributed by atoms with van der Waals surface area (Å²) in [5.74, 6) is 2.58. The van der Waals surface area contributed by atoms with Crippen molar-refractivity contribution in [3.8, 4) is 0 Å². The number of rotatable bonds is 7.